The summed E-state index contributed by atoms with van der Waals surface area (Å²) in [6.45, 7) is 2.91. The first-order valence-corrected chi connectivity index (χ1v) is 8.19. The van der Waals surface area contributed by atoms with E-state index < -0.39 is 0 Å². The lowest BCUT2D eigenvalue weighted by molar-refractivity contribution is 0.0701. The Bertz CT molecular complexity index is 444. The molecule has 1 aliphatic rings. The standard InChI is InChI=1S/C14H22BrN3O/c1-3-13-12(10-17(2)16-13)14(19)18-8-6-4-5-7-11(18)9-15/h10-11H,3-9H2,1-2H3. The number of hydrogen-bond acceptors (Lipinski definition) is 2. The Morgan fingerprint density at radius 2 is 2.26 bits per heavy atom. The van der Waals surface area contributed by atoms with Gasteiger partial charge in [-0.15, -0.1) is 0 Å². The van der Waals surface area contributed by atoms with Crippen molar-refractivity contribution in [3.8, 4) is 0 Å². The molecule has 1 aromatic rings. The van der Waals surface area contributed by atoms with Crippen LogP contribution in [0.2, 0.25) is 0 Å². The molecule has 0 radical (unpaired) electrons. The van der Waals surface area contributed by atoms with Gasteiger partial charge in [-0.1, -0.05) is 35.7 Å². The van der Waals surface area contributed by atoms with Crippen LogP contribution in [0.3, 0.4) is 0 Å². The molecule has 0 spiro atoms. The minimum absolute atomic E-state index is 0.149. The van der Waals surface area contributed by atoms with E-state index in [0.29, 0.717) is 6.04 Å². The van der Waals surface area contributed by atoms with Gasteiger partial charge in [0, 0.05) is 31.2 Å². The van der Waals surface area contributed by atoms with Crippen molar-refractivity contribution >= 4 is 21.8 Å². The summed E-state index contributed by atoms with van der Waals surface area (Å²) in [4.78, 5) is 14.8. The minimum Gasteiger partial charge on any atom is -0.335 e. The first kappa shape index (κ1) is 14.6. The number of aryl methyl sites for hydroxylation is 2. The van der Waals surface area contributed by atoms with E-state index in [1.54, 1.807) is 4.68 Å². The van der Waals surface area contributed by atoms with Gasteiger partial charge in [-0.05, 0) is 19.3 Å². The van der Waals surface area contributed by atoms with Crippen LogP contribution in [0.25, 0.3) is 0 Å². The SMILES string of the molecule is CCc1nn(C)cc1C(=O)N1CCCCCC1CBr. The number of halogens is 1. The van der Waals surface area contributed by atoms with Crippen LogP contribution < -0.4 is 0 Å². The monoisotopic (exact) mass is 327 g/mol. The molecule has 0 saturated carbocycles. The van der Waals surface area contributed by atoms with Gasteiger partial charge in [-0.2, -0.15) is 5.10 Å². The Hall–Kier alpha value is -0.840. The molecule has 4 nitrogen and oxygen atoms in total. The average molecular weight is 328 g/mol. The predicted octanol–water partition coefficient (Wildman–Crippen LogP) is 2.76. The molecule has 1 aromatic heterocycles. The molecular weight excluding hydrogens is 306 g/mol. The number of hydrogen-bond donors (Lipinski definition) is 0. The third-order valence-electron chi connectivity index (χ3n) is 3.79. The zero-order valence-electron chi connectivity index (χ0n) is 11.7. The van der Waals surface area contributed by atoms with Crippen molar-refractivity contribution in [3.05, 3.63) is 17.5 Å². The average Bonchev–Trinajstić information content (AvgIpc) is 2.64. The molecule has 0 N–H and O–H groups in total. The van der Waals surface area contributed by atoms with Gasteiger partial charge in [0.15, 0.2) is 0 Å². The Balaban J connectivity index is 2.24. The number of carbonyl (C=O) groups is 1. The van der Waals surface area contributed by atoms with Crippen molar-refractivity contribution in [2.45, 2.75) is 45.1 Å². The summed E-state index contributed by atoms with van der Waals surface area (Å²) in [5, 5.41) is 5.24. The maximum atomic E-state index is 12.8. The summed E-state index contributed by atoms with van der Waals surface area (Å²) >= 11 is 3.55. The van der Waals surface area contributed by atoms with E-state index in [9.17, 15) is 4.79 Å². The van der Waals surface area contributed by atoms with Crippen molar-refractivity contribution in [1.29, 1.82) is 0 Å². The van der Waals surface area contributed by atoms with Crippen molar-refractivity contribution in [3.63, 3.8) is 0 Å². The number of rotatable bonds is 3. The molecule has 2 rings (SSSR count). The van der Waals surface area contributed by atoms with E-state index in [-0.39, 0.29) is 5.91 Å². The summed E-state index contributed by atoms with van der Waals surface area (Å²) in [5.41, 5.74) is 1.68. The number of nitrogens with zero attached hydrogens (tertiary/aromatic N) is 3. The van der Waals surface area contributed by atoms with Crippen LogP contribution in [0.4, 0.5) is 0 Å². The highest BCUT2D eigenvalue weighted by Crippen LogP contribution is 2.22. The molecule has 1 unspecified atom stereocenters. The van der Waals surface area contributed by atoms with Crippen molar-refractivity contribution in [1.82, 2.24) is 14.7 Å². The topological polar surface area (TPSA) is 38.1 Å². The summed E-state index contributed by atoms with van der Waals surface area (Å²) in [7, 11) is 1.88. The van der Waals surface area contributed by atoms with Crippen LogP contribution in [0.15, 0.2) is 6.20 Å². The summed E-state index contributed by atoms with van der Waals surface area (Å²) in [6, 6.07) is 0.319. The first-order chi connectivity index (χ1) is 9.17. The second-order valence-electron chi connectivity index (χ2n) is 5.17. The lowest BCUT2D eigenvalue weighted by Crippen LogP contribution is -2.41. The Labute approximate surface area is 123 Å². The molecule has 1 amide bonds. The second-order valence-corrected chi connectivity index (χ2v) is 5.82. The van der Waals surface area contributed by atoms with Crippen LogP contribution in [-0.2, 0) is 13.5 Å². The van der Waals surface area contributed by atoms with E-state index in [1.165, 1.54) is 12.8 Å². The summed E-state index contributed by atoms with van der Waals surface area (Å²) in [5.74, 6) is 0.149. The fourth-order valence-corrected chi connectivity index (χ4v) is 3.41. The number of amides is 1. The molecule has 1 saturated heterocycles. The molecule has 0 bridgehead atoms. The molecule has 1 aliphatic heterocycles. The molecule has 2 heterocycles. The Morgan fingerprint density at radius 1 is 1.47 bits per heavy atom. The highest BCUT2D eigenvalue weighted by atomic mass is 79.9. The lowest BCUT2D eigenvalue weighted by atomic mass is 10.1. The molecule has 0 aliphatic carbocycles. The summed E-state index contributed by atoms with van der Waals surface area (Å²) in [6.07, 6.45) is 7.30. The first-order valence-electron chi connectivity index (χ1n) is 7.06. The van der Waals surface area contributed by atoms with Crippen LogP contribution in [0, 0.1) is 0 Å². The van der Waals surface area contributed by atoms with Crippen LogP contribution >= 0.6 is 15.9 Å². The van der Waals surface area contributed by atoms with Gasteiger partial charge in [-0.25, -0.2) is 0 Å². The van der Waals surface area contributed by atoms with Crippen LogP contribution in [0.1, 0.15) is 48.7 Å². The van der Waals surface area contributed by atoms with Crippen LogP contribution in [0.5, 0.6) is 0 Å². The quantitative estimate of drug-likeness (QED) is 0.800. The van der Waals surface area contributed by atoms with Crippen molar-refractivity contribution < 1.29 is 4.79 Å². The Morgan fingerprint density at radius 3 is 2.95 bits per heavy atom. The van der Waals surface area contributed by atoms with E-state index in [1.807, 2.05) is 25.1 Å². The fraction of sp³-hybridized carbons (Fsp3) is 0.714. The fourth-order valence-electron chi connectivity index (χ4n) is 2.73. The molecule has 106 valence electrons. The van der Waals surface area contributed by atoms with Crippen molar-refractivity contribution in [2.24, 2.45) is 7.05 Å². The third-order valence-corrected chi connectivity index (χ3v) is 4.53. The number of alkyl halides is 1. The van der Waals surface area contributed by atoms with Crippen molar-refractivity contribution in [2.75, 3.05) is 11.9 Å². The summed E-state index contributed by atoms with van der Waals surface area (Å²) < 4.78 is 1.74. The molecule has 19 heavy (non-hydrogen) atoms. The zero-order valence-corrected chi connectivity index (χ0v) is 13.3. The maximum absolute atomic E-state index is 12.8. The number of aromatic nitrogens is 2. The highest BCUT2D eigenvalue weighted by Gasteiger charge is 2.27. The van der Waals surface area contributed by atoms with Crippen LogP contribution in [-0.4, -0.2) is 38.5 Å². The smallest absolute Gasteiger partial charge is 0.257 e. The van der Waals surface area contributed by atoms with Gasteiger partial charge >= 0.3 is 0 Å². The van der Waals surface area contributed by atoms with Gasteiger partial charge in [0.05, 0.1) is 11.3 Å². The van der Waals surface area contributed by atoms with E-state index in [2.05, 4.69) is 21.0 Å². The third kappa shape index (κ3) is 3.19. The normalized spacial score (nSPS) is 20.4. The van der Waals surface area contributed by atoms with E-state index in [4.69, 9.17) is 0 Å². The Kier molecular flexibility index (Phi) is 5.02. The van der Waals surface area contributed by atoms with E-state index in [0.717, 1.165) is 42.4 Å². The maximum Gasteiger partial charge on any atom is 0.257 e. The van der Waals surface area contributed by atoms with E-state index >= 15 is 0 Å². The molecule has 0 aromatic carbocycles. The predicted molar refractivity (Wildman–Crippen MR) is 79.7 cm³/mol. The van der Waals surface area contributed by atoms with Gasteiger partial charge in [0.25, 0.3) is 5.91 Å². The van der Waals surface area contributed by atoms with Gasteiger partial charge in [0.2, 0.25) is 0 Å². The molecule has 1 fully saturated rings. The number of likely N-dealkylation sites (tertiary alicyclic amines) is 1. The van der Waals surface area contributed by atoms with Gasteiger partial charge in [0.1, 0.15) is 0 Å². The molecule has 5 heteroatoms. The number of carbonyl (C=O) groups excluding carboxylic acids is 1. The highest BCUT2D eigenvalue weighted by molar-refractivity contribution is 9.09. The minimum atomic E-state index is 0.149. The largest absolute Gasteiger partial charge is 0.335 e. The zero-order chi connectivity index (χ0) is 13.8. The lowest BCUT2D eigenvalue weighted by Gasteiger charge is -2.28. The molecule has 1 atom stereocenters. The van der Waals surface area contributed by atoms with Gasteiger partial charge in [-0.3, -0.25) is 9.48 Å². The van der Waals surface area contributed by atoms with Gasteiger partial charge < -0.3 is 4.90 Å². The molecular formula is C14H22BrN3O. The second kappa shape index (κ2) is 6.55.